The van der Waals surface area contributed by atoms with Crippen molar-refractivity contribution in [3.05, 3.63) is 35.4 Å². The van der Waals surface area contributed by atoms with Gasteiger partial charge in [-0.15, -0.1) is 0 Å². The molecule has 0 aromatic heterocycles. The first-order valence-electron chi connectivity index (χ1n) is 6.56. The lowest BCUT2D eigenvalue weighted by Crippen LogP contribution is -2.41. The predicted octanol–water partition coefficient (Wildman–Crippen LogP) is 2.12. The van der Waals surface area contributed by atoms with Gasteiger partial charge >= 0.3 is 0 Å². The van der Waals surface area contributed by atoms with Crippen molar-refractivity contribution >= 4 is 0 Å². The van der Waals surface area contributed by atoms with Gasteiger partial charge in [0, 0.05) is 31.8 Å². The zero-order valence-corrected chi connectivity index (χ0v) is 11.1. The Morgan fingerprint density at radius 3 is 2.58 bits per heavy atom. The second-order valence-electron chi connectivity index (χ2n) is 5.27. The van der Waals surface area contributed by atoms with E-state index in [4.69, 9.17) is 10.5 Å². The van der Waals surface area contributed by atoms with Gasteiger partial charge in [0.1, 0.15) is 11.6 Å². The molecule has 106 valence electrons. The number of rotatable bonds is 5. The molecule has 2 rings (SSSR count). The molecule has 1 aliphatic rings. The molecule has 0 radical (unpaired) electrons. The molecule has 0 spiro atoms. The Bertz CT molecular complexity index is 413. The molecule has 0 amide bonds. The second kappa shape index (κ2) is 5.94. The Balaban J connectivity index is 2.03. The van der Waals surface area contributed by atoms with Crippen molar-refractivity contribution in [2.24, 2.45) is 5.73 Å². The molecule has 1 aliphatic heterocycles. The molecule has 0 aliphatic carbocycles. The van der Waals surface area contributed by atoms with E-state index in [1.54, 1.807) is 0 Å². The van der Waals surface area contributed by atoms with Gasteiger partial charge in [0.05, 0.1) is 5.60 Å². The van der Waals surface area contributed by atoms with Crippen LogP contribution in [-0.4, -0.2) is 25.3 Å². The minimum atomic E-state index is -0.585. The Morgan fingerprint density at radius 2 is 2.05 bits per heavy atom. The van der Waals surface area contributed by atoms with Crippen LogP contribution < -0.4 is 11.1 Å². The van der Waals surface area contributed by atoms with Crippen molar-refractivity contribution in [2.75, 3.05) is 19.7 Å². The first kappa shape index (κ1) is 14.4. The number of hydrogen-bond donors (Lipinski definition) is 2. The summed E-state index contributed by atoms with van der Waals surface area (Å²) in [5.41, 5.74) is 6.00. The van der Waals surface area contributed by atoms with E-state index in [9.17, 15) is 8.78 Å². The number of nitrogens with one attached hydrogen (secondary N) is 1. The Hall–Kier alpha value is -1.04. The summed E-state index contributed by atoms with van der Waals surface area (Å²) in [6.45, 7) is 3.69. The molecular formula is C14H20F2N2O. The van der Waals surface area contributed by atoms with Crippen LogP contribution in [0.1, 0.15) is 31.4 Å². The molecule has 2 unspecified atom stereocenters. The highest BCUT2D eigenvalue weighted by Crippen LogP contribution is 2.25. The zero-order chi connectivity index (χ0) is 13.9. The maximum absolute atomic E-state index is 13.2. The van der Waals surface area contributed by atoms with Crippen LogP contribution in [-0.2, 0) is 4.74 Å². The third-order valence-electron chi connectivity index (χ3n) is 3.55. The molecule has 3 nitrogen and oxygen atoms in total. The lowest BCUT2D eigenvalue weighted by Gasteiger charge is -2.27. The third-order valence-corrected chi connectivity index (χ3v) is 3.55. The van der Waals surface area contributed by atoms with Gasteiger partial charge in [-0.25, -0.2) is 8.78 Å². The van der Waals surface area contributed by atoms with Crippen molar-refractivity contribution in [1.29, 1.82) is 0 Å². The van der Waals surface area contributed by atoms with Crippen molar-refractivity contribution in [1.82, 2.24) is 5.32 Å². The average molecular weight is 270 g/mol. The number of ether oxygens (including phenoxy) is 1. The van der Waals surface area contributed by atoms with E-state index >= 15 is 0 Å². The predicted molar refractivity (Wildman–Crippen MR) is 69.7 cm³/mol. The number of hydrogen-bond acceptors (Lipinski definition) is 3. The monoisotopic (exact) mass is 270 g/mol. The molecule has 1 fully saturated rings. The average Bonchev–Trinajstić information content (AvgIpc) is 2.76. The maximum Gasteiger partial charge on any atom is 0.126 e. The molecule has 5 heteroatoms. The van der Waals surface area contributed by atoms with E-state index in [2.05, 4.69) is 5.32 Å². The van der Waals surface area contributed by atoms with Crippen LogP contribution in [0.25, 0.3) is 0 Å². The van der Waals surface area contributed by atoms with Crippen molar-refractivity contribution in [2.45, 2.75) is 31.4 Å². The minimum Gasteiger partial charge on any atom is -0.374 e. The SMILES string of the molecule is CC1(CNC(CN)c2cc(F)cc(F)c2)CCCO1. The van der Waals surface area contributed by atoms with Gasteiger partial charge in [-0.05, 0) is 37.5 Å². The lowest BCUT2D eigenvalue weighted by molar-refractivity contribution is 0.0189. The van der Waals surface area contributed by atoms with Crippen LogP contribution in [0.5, 0.6) is 0 Å². The van der Waals surface area contributed by atoms with Crippen LogP contribution in [0.4, 0.5) is 8.78 Å². The van der Waals surface area contributed by atoms with Crippen LogP contribution >= 0.6 is 0 Å². The molecular weight excluding hydrogens is 250 g/mol. The van der Waals surface area contributed by atoms with Crippen molar-refractivity contribution in [3.63, 3.8) is 0 Å². The lowest BCUT2D eigenvalue weighted by atomic mass is 10.0. The summed E-state index contributed by atoms with van der Waals surface area (Å²) in [5, 5.41) is 3.24. The highest BCUT2D eigenvalue weighted by molar-refractivity contribution is 5.21. The molecule has 2 atom stereocenters. The second-order valence-corrected chi connectivity index (χ2v) is 5.27. The molecule has 19 heavy (non-hydrogen) atoms. The smallest absolute Gasteiger partial charge is 0.126 e. The highest BCUT2D eigenvalue weighted by atomic mass is 19.1. The van der Waals surface area contributed by atoms with E-state index in [0.29, 0.717) is 12.1 Å². The van der Waals surface area contributed by atoms with Crippen LogP contribution in [0.2, 0.25) is 0 Å². The summed E-state index contributed by atoms with van der Waals surface area (Å²) < 4.78 is 32.1. The van der Waals surface area contributed by atoms with Gasteiger partial charge in [0.2, 0.25) is 0 Å². The molecule has 1 saturated heterocycles. The largest absolute Gasteiger partial charge is 0.374 e. The summed E-state index contributed by atoms with van der Waals surface area (Å²) in [6, 6.07) is 3.21. The van der Waals surface area contributed by atoms with Crippen LogP contribution in [0.3, 0.4) is 0 Å². The number of halogens is 2. The van der Waals surface area contributed by atoms with Gasteiger partial charge in [0.25, 0.3) is 0 Å². The molecule has 1 aromatic carbocycles. The first-order valence-corrected chi connectivity index (χ1v) is 6.56. The topological polar surface area (TPSA) is 47.3 Å². The third kappa shape index (κ3) is 3.72. The van der Waals surface area contributed by atoms with Crippen LogP contribution in [0.15, 0.2) is 18.2 Å². The Kier molecular flexibility index (Phi) is 4.50. The van der Waals surface area contributed by atoms with Crippen molar-refractivity contribution < 1.29 is 13.5 Å². The minimum absolute atomic E-state index is 0.209. The highest BCUT2D eigenvalue weighted by Gasteiger charge is 2.30. The fourth-order valence-corrected chi connectivity index (χ4v) is 2.43. The summed E-state index contributed by atoms with van der Waals surface area (Å²) >= 11 is 0. The number of nitrogens with two attached hydrogens (primary N) is 1. The van der Waals surface area contributed by atoms with Gasteiger partial charge in [0.15, 0.2) is 0 Å². The molecule has 1 aromatic rings. The normalized spacial score (nSPS) is 24.6. The fraction of sp³-hybridized carbons (Fsp3) is 0.571. The summed E-state index contributed by atoms with van der Waals surface area (Å²) in [7, 11) is 0. The maximum atomic E-state index is 13.2. The van der Waals surface area contributed by atoms with Gasteiger partial charge in [-0.2, -0.15) is 0 Å². The number of benzene rings is 1. The Labute approximate surface area is 112 Å². The van der Waals surface area contributed by atoms with E-state index in [0.717, 1.165) is 25.5 Å². The van der Waals surface area contributed by atoms with E-state index in [1.165, 1.54) is 12.1 Å². The van der Waals surface area contributed by atoms with Gasteiger partial charge in [-0.1, -0.05) is 0 Å². The first-order chi connectivity index (χ1) is 9.02. The van der Waals surface area contributed by atoms with Crippen LogP contribution in [0, 0.1) is 11.6 Å². The van der Waals surface area contributed by atoms with Gasteiger partial charge in [-0.3, -0.25) is 0 Å². The standard InChI is InChI=1S/C14H20F2N2O/c1-14(3-2-4-19-14)9-18-13(8-17)10-5-11(15)7-12(16)6-10/h5-7,13,18H,2-4,8-9,17H2,1H3. The van der Waals surface area contributed by atoms with E-state index in [-0.39, 0.29) is 18.2 Å². The fourth-order valence-electron chi connectivity index (χ4n) is 2.43. The zero-order valence-electron chi connectivity index (χ0n) is 11.1. The quantitative estimate of drug-likeness (QED) is 0.861. The van der Waals surface area contributed by atoms with E-state index in [1.807, 2.05) is 6.92 Å². The molecule has 0 saturated carbocycles. The van der Waals surface area contributed by atoms with Crippen molar-refractivity contribution in [3.8, 4) is 0 Å². The summed E-state index contributed by atoms with van der Waals surface area (Å²) in [6.07, 6.45) is 2.02. The summed E-state index contributed by atoms with van der Waals surface area (Å²) in [4.78, 5) is 0. The Morgan fingerprint density at radius 1 is 1.37 bits per heavy atom. The summed E-state index contributed by atoms with van der Waals surface area (Å²) in [5.74, 6) is -1.17. The van der Waals surface area contributed by atoms with E-state index < -0.39 is 11.6 Å². The molecule has 1 heterocycles. The molecule has 3 N–H and O–H groups in total. The molecule has 0 bridgehead atoms. The van der Waals surface area contributed by atoms with Gasteiger partial charge < -0.3 is 15.8 Å².